The number of fused-ring (bicyclic) bond motifs is 1. The van der Waals surface area contributed by atoms with E-state index in [1.807, 2.05) is 0 Å². The number of nitrogens with zero attached hydrogens (tertiary/aromatic N) is 2. The van der Waals surface area contributed by atoms with E-state index in [0.717, 1.165) is 0 Å². The Morgan fingerprint density at radius 1 is 0.971 bits per heavy atom. The molecule has 1 saturated heterocycles. The van der Waals surface area contributed by atoms with Crippen molar-refractivity contribution in [3.63, 3.8) is 0 Å². The summed E-state index contributed by atoms with van der Waals surface area (Å²) in [5.74, 6) is 1.54. The summed E-state index contributed by atoms with van der Waals surface area (Å²) in [5.41, 5.74) is -0.104. The van der Waals surface area contributed by atoms with E-state index in [4.69, 9.17) is 23.7 Å². The normalized spacial score (nSPS) is 21.3. The number of aliphatic hydroxyl groups is 1. The number of hydrogen-bond donors (Lipinski definition) is 1. The zero-order valence-corrected chi connectivity index (χ0v) is 20.9. The van der Waals surface area contributed by atoms with Crippen LogP contribution in [-0.4, -0.2) is 57.2 Å². The van der Waals surface area contributed by atoms with Crippen LogP contribution in [0.1, 0.15) is 23.5 Å². The van der Waals surface area contributed by atoms with Gasteiger partial charge in [0.05, 0.1) is 58.0 Å². The summed E-state index contributed by atoms with van der Waals surface area (Å²) in [6.45, 7) is 0. The lowest BCUT2D eigenvalue weighted by molar-refractivity contribution is -0.149. The molecule has 2 aliphatic heterocycles. The Balaban J connectivity index is 1.81. The predicted octanol–water partition coefficient (Wildman–Crippen LogP) is 3.37. The van der Waals surface area contributed by atoms with E-state index >= 15 is 0 Å². The maximum absolute atomic E-state index is 13.5. The molecule has 0 radical (unpaired) electrons. The summed E-state index contributed by atoms with van der Waals surface area (Å²) in [4.78, 5) is 14.8. The molecule has 0 bridgehead atoms. The smallest absolute Gasteiger partial charge is 0.231 e. The van der Waals surface area contributed by atoms with E-state index in [1.54, 1.807) is 30.3 Å². The molecule has 2 aromatic carbocycles. The lowest BCUT2D eigenvalue weighted by Gasteiger charge is -2.38. The van der Waals surface area contributed by atoms with Gasteiger partial charge in [-0.05, 0) is 29.8 Å². The van der Waals surface area contributed by atoms with Gasteiger partial charge >= 0.3 is 0 Å². The van der Waals surface area contributed by atoms with Gasteiger partial charge < -0.3 is 28.8 Å². The van der Waals surface area contributed by atoms with Crippen molar-refractivity contribution >= 4 is 17.7 Å². The van der Waals surface area contributed by atoms with E-state index in [9.17, 15) is 15.2 Å². The first-order valence-corrected chi connectivity index (χ1v) is 11.7. The van der Waals surface area contributed by atoms with Crippen LogP contribution in [0.4, 0.5) is 0 Å². The Bertz CT molecular complexity index is 1210. The molecule has 1 amide bonds. The topological polar surface area (TPSA) is 110 Å². The fourth-order valence-electron chi connectivity index (χ4n) is 4.51. The first-order valence-electron chi connectivity index (χ1n) is 10.7. The van der Waals surface area contributed by atoms with E-state index in [2.05, 4.69) is 6.07 Å². The molecule has 2 aromatic rings. The Morgan fingerprint density at radius 2 is 1.60 bits per heavy atom. The largest absolute Gasteiger partial charge is 0.493 e. The molecule has 10 heteroatoms. The standard InChI is InChI=1S/C25H26N2O7S/c1-30-18-7-6-15(10-19(18)31-2)25(29)13-35-24-17(12-26)16(11-22(28)27(24)25)14-8-20(32-3)23(34-5)21(9-14)33-4/h6-10,16,29H,11,13H2,1-5H3/t16-,25+/m0/s1. The molecule has 0 spiro atoms. The number of benzene rings is 2. The molecule has 184 valence electrons. The maximum Gasteiger partial charge on any atom is 0.231 e. The Morgan fingerprint density at radius 3 is 2.14 bits per heavy atom. The monoisotopic (exact) mass is 498 g/mol. The van der Waals surface area contributed by atoms with Crippen LogP contribution in [0.15, 0.2) is 40.9 Å². The van der Waals surface area contributed by atoms with Crippen LogP contribution >= 0.6 is 11.8 Å². The highest BCUT2D eigenvalue weighted by Gasteiger charge is 2.52. The third-order valence-electron chi connectivity index (χ3n) is 6.25. The maximum atomic E-state index is 13.5. The number of carbonyl (C=O) groups is 1. The summed E-state index contributed by atoms with van der Waals surface area (Å²) in [7, 11) is 7.55. The first kappa shape index (κ1) is 24.6. The Labute approximate surface area is 207 Å². The minimum absolute atomic E-state index is 0.0127. The van der Waals surface area contributed by atoms with Gasteiger partial charge in [-0.1, -0.05) is 6.07 Å². The van der Waals surface area contributed by atoms with Crippen molar-refractivity contribution in [2.45, 2.75) is 18.1 Å². The quantitative estimate of drug-likeness (QED) is 0.614. The van der Waals surface area contributed by atoms with Gasteiger partial charge in [0.25, 0.3) is 0 Å². The number of hydrogen-bond acceptors (Lipinski definition) is 9. The number of thioether (sulfide) groups is 1. The van der Waals surface area contributed by atoms with Crippen LogP contribution in [0.3, 0.4) is 0 Å². The molecular formula is C25H26N2O7S. The van der Waals surface area contributed by atoms with Gasteiger partial charge in [-0.15, -0.1) is 11.8 Å². The number of rotatable bonds is 7. The molecule has 35 heavy (non-hydrogen) atoms. The lowest BCUT2D eigenvalue weighted by Crippen LogP contribution is -2.48. The fourth-order valence-corrected chi connectivity index (χ4v) is 5.87. The van der Waals surface area contributed by atoms with Crippen LogP contribution in [0.5, 0.6) is 28.7 Å². The molecule has 0 aromatic heterocycles. The highest BCUT2D eigenvalue weighted by molar-refractivity contribution is 8.03. The Kier molecular flexibility index (Phi) is 6.74. The number of ether oxygens (including phenoxy) is 5. The summed E-state index contributed by atoms with van der Waals surface area (Å²) in [6.07, 6.45) is -0.0127. The second-order valence-electron chi connectivity index (χ2n) is 7.95. The summed E-state index contributed by atoms with van der Waals surface area (Å²) < 4.78 is 27.0. The second-order valence-corrected chi connectivity index (χ2v) is 8.91. The van der Waals surface area contributed by atoms with Crippen molar-refractivity contribution in [2.75, 3.05) is 41.3 Å². The van der Waals surface area contributed by atoms with Crippen LogP contribution in [0.25, 0.3) is 0 Å². The lowest BCUT2D eigenvalue weighted by atomic mass is 9.85. The van der Waals surface area contributed by atoms with Gasteiger partial charge in [0.2, 0.25) is 11.7 Å². The molecule has 0 aliphatic carbocycles. The molecule has 2 heterocycles. The third kappa shape index (κ3) is 3.90. The van der Waals surface area contributed by atoms with E-state index in [1.165, 1.54) is 52.2 Å². The van der Waals surface area contributed by atoms with E-state index < -0.39 is 11.6 Å². The molecule has 2 aliphatic rings. The molecular weight excluding hydrogens is 472 g/mol. The third-order valence-corrected chi connectivity index (χ3v) is 7.47. The average Bonchev–Trinajstić information content (AvgIpc) is 3.26. The highest BCUT2D eigenvalue weighted by atomic mass is 32.2. The number of amides is 1. The number of nitriles is 1. The van der Waals surface area contributed by atoms with Crippen molar-refractivity contribution in [3.05, 3.63) is 52.1 Å². The van der Waals surface area contributed by atoms with Crippen LogP contribution in [0, 0.1) is 11.3 Å². The van der Waals surface area contributed by atoms with Crippen LogP contribution in [-0.2, 0) is 10.5 Å². The SMILES string of the molecule is COc1ccc([C@]2(O)CSC3=C(C#N)[C@H](c4cc(OC)c(OC)c(OC)c4)CC(=O)N32)cc1OC. The molecule has 4 rings (SSSR count). The fraction of sp³-hybridized carbons (Fsp3) is 0.360. The second kappa shape index (κ2) is 9.60. The summed E-state index contributed by atoms with van der Waals surface area (Å²) in [6, 6.07) is 10.8. The molecule has 2 atom stereocenters. The van der Waals surface area contributed by atoms with Crippen molar-refractivity contribution < 1.29 is 33.6 Å². The molecule has 0 unspecified atom stereocenters. The minimum Gasteiger partial charge on any atom is -0.493 e. The van der Waals surface area contributed by atoms with Gasteiger partial charge in [0.1, 0.15) is 0 Å². The van der Waals surface area contributed by atoms with E-state index in [0.29, 0.717) is 50.5 Å². The van der Waals surface area contributed by atoms with E-state index in [-0.39, 0.29) is 18.1 Å². The summed E-state index contributed by atoms with van der Waals surface area (Å²) >= 11 is 1.27. The van der Waals surface area contributed by atoms with Gasteiger partial charge in [0.15, 0.2) is 28.7 Å². The van der Waals surface area contributed by atoms with Gasteiger partial charge in [0, 0.05) is 17.9 Å². The molecule has 9 nitrogen and oxygen atoms in total. The van der Waals surface area contributed by atoms with Crippen molar-refractivity contribution in [1.29, 1.82) is 5.26 Å². The average molecular weight is 499 g/mol. The zero-order valence-electron chi connectivity index (χ0n) is 20.1. The number of allylic oxidation sites excluding steroid dienone is 1. The predicted molar refractivity (Wildman–Crippen MR) is 129 cm³/mol. The van der Waals surface area contributed by atoms with Crippen LogP contribution < -0.4 is 23.7 Å². The number of methoxy groups -OCH3 is 5. The van der Waals surface area contributed by atoms with Gasteiger partial charge in [-0.3, -0.25) is 9.69 Å². The molecule has 1 fully saturated rings. The van der Waals surface area contributed by atoms with Crippen molar-refractivity contribution in [1.82, 2.24) is 4.90 Å². The summed E-state index contributed by atoms with van der Waals surface area (Å²) in [5, 5.41) is 22.3. The van der Waals surface area contributed by atoms with Gasteiger partial charge in [-0.25, -0.2) is 0 Å². The van der Waals surface area contributed by atoms with Crippen LogP contribution in [0.2, 0.25) is 0 Å². The Hall–Kier alpha value is -3.55. The minimum atomic E-state index is -1.64. The van der Waals surface area contributed by atoms with Crippen molar-refractivity contribution in [2.24, 2.45) is 0 Å². The van der Waals surface area contributed by atoms with Gasteiger partial charge in [-0.2, -0.15) is 5.26 Å². The first-order chi connectivity index (χ1) is 16.9. The zero-order chi connectivity index (χ0) is 25.3. The number of carbonyl (C=O) groups excluding carboxylic acids is 1. The van der Waals surface area contributed by atoms with Crippen molar-refractivity contribution in [3.8, 4) is 34.8 Å². The molecule has 1 N–H and O–H groups in total. The molecule has 0 saturated carbocycles. The highest BCUT2D eigenvalue weighted by Crippen LogP contribution is 2.53.